The summed E-state index contributed by atoms with van der Waals surface area (Å²) in [7, 11) is 3.14. The summed E-state index contributed by atoms with van der Waals surface area (Å²) in [5.41, 5.74) is 0.451. The Morgan fingerprint density at radius 2 is 2.07 bits per heavy atom. The van der Waals surface area contributed by atoms with Crippen LogP contribution in [0.3, 0.4) is 0 Å². The van der Waals surface area contributed by atoms with E-state index in [1.54, 1.807) is 30.9 Å². The van der Waals surface area contributed by atoms with Crippen molar-refractivity contribution in [3.8, 4) is 17.2 Å². The highest BCUT2D eigenvalue weighted by Gasteiger charge is 2.43. The highest BCUT2D eigenvalue weighted by molar-refractivity contribution is 7.09. The minimum absolute atomic E-state index is 0.0753. The van der Waals surface area contributed by atoms with Crippen LogP contribution in [0.1, 0.15) is 30.7 Å². The SMILES string of the molecule is CCCC(O)c1cn(-c2ccc3c(c2)OC(F)(F)O3)c(=NC(=O)N(C)C)s1. The lowest BCUT2D eigenvalue weighted by molar-refractivity contribution is -0.286. The lowest BCUT2D eigenvalue weighted by Gasteiger charge is -2.07. The Hall–Kier alpha value is -2.46. The fraction of sp³-hybridized carbons (Fsp3) is 0.412. The molecule has 1 N–H and O–H groups in total. The summed E-state index contributed by atoms with van der Waals surface area (Å²) in [5.74, 6) is -0.189. The van der Waals surface area contributed by atoms with Gasteiger partial charge in [0.05, 0.1) is 16.7 Å². The van der Waals surface area contributed by atoms with Gasteiger partial charge in [0.15, 0.2) is 16.3 Å². The summed E-state index contributed by atoms with van der Waals surface area (Å²) in [6, 6.07) is 3.80. The molecule has 27 heavy (non-hydrogen) atoms. The summed E-state index contributed by atoms with van der Waals surface area (Å²) in [5, 5.41) is 10.3. The normalized spacial score (nSPS) is 16.4. The van der Waals surface area contributed by atoms with Crippen molar-refractivity contribution in [3.05, 3.63) is 34.1 Å². The van der Waals surface area contributed by atoms with Gasteiger partial charge in [0.1, 0.15) is 0 Å². The van der Waals surface area contributed by atoms with Gasteiger partial charge >= 0.3 is 12.3 Å². The number of hydrogen-bond donors (Lipinski definition) is 1. The Bertz CT molecular complexity index is 923. The number of aliphatic hydroxyl groups is 1. The van der Waals surface area contributed by atoms with Crippen LogP contribution in [0.2, 0.25) is 0 Å². The maximum Gasteiger partial charge on any atom is 0.586 e. The van der Waals surface area contributed by atoms with Gasteiger partial charge < -0.3 is 19.5 Å². The van der Waals surface area contributed by atoms with Crippen LogP contribution in [-0.2, 0) is 0 Å². The monoisotopic (exact) mass is 399 g/mol. The Kier molecular flexibility index (Phi) is 5.20. The van der Waals surface area contributed by atoms with Crippen molar-refractivity contribution < 1.29 is 28.2 Å². The number of carbonyl (C=O) groups excluding carboxylic acids is 1. The van der Waals surface area contributed by atoms with Gasteiger partial charge in [0.25, 0.3) is 0 Å². The van der Waals surface area contributed by atoms with Crippen molar-refractivity contribution >= 4 is 17.4 Å². The van der Waals surface area contributed by atoms with Gasteiger partial charge in [-0.3, -0.25) is 4.57 Å². The molecule has 7 nitrogen and oxygen atoms in total. The molecule has 0 saturated carbocycles. The van der Waals surface area contributed by atoms with Gasteiger partial charge in [-0.05, 0) is 18.6 Å². The van der Waals surface area contributed by atoms with E-state index in [0.29, 0.717) is 21.8 Å². The fourth-order valence-electron chi connectivity index (χ4n) is 2.46. The smallest absolute Gasteiger partial charge is 0.395 e. The summed E-state index contributed by atoms with van der Waals surface area (Å²) in [6.07, 6.45) is -1.45. The zero-order chi connectivity index (χ0) is 19.8. The second-order valence-electron chi connectivity index (χ2n) is 6.18. The van der Waals surface area contributed by atoms with Crippen LogP contribution in [0.15, 0.2) is 29.4 Å². The predicted molar refractivity (Wildman–Crippen MR) is 94.4 cm³/mol. The van der Waals surface area contributed by atoms with E-state index in [1.165, 1.54) is 17.0 Å². The van der Waals surface area contributed by atoms with Gasteiger partial charge in [0.2, 0.25) is 0 Å². The molecule has 1 aromatic heterocycles. The van der Waals surface area contributed by atoms with E-state index in [1.807, 2.05) is 6.92 Å². The lowest BCUT2D eigenvalue weighted by atomic mass is 10.2. The number of thiazole rings is 1. The second-order valence-corrected chi connectivity index (χ2v) is 7.22. The molecule has 1 aromatic carbocycles. The topological polar surface area (TPSA) is 76.3 Å². The van der Waals surface area contributed by atoms with Gasteiger partial charge in [-0.25, -0.2) is 4.79 Å². The second kappa shape index (κ2) is 7.28. The van der Waals surface area contributed by atoms with Crippen molar-refractivity contribution in [3.63, 3.8) is 0 Å². The number of benzene rings is 1. The lowest BCUT2D eigenvalue weighted by Crippen LogP contribution is -2.26. The van der Waals surface area contributed by atoms with Gasteiger partial charge in [-0.15, -0.1) is 8.78 Å². The molecule has 1 atom stereocenters. The zero-order valence-electron chi connectivity index (χ0n) is 15.0. The molecule has 2 heterocycles. The van der Waals surface area contributed by atoms with E-state index in [9.17, 15) is 18.7 Å². The molecule has 3 rings (SSSR count). The Morgan fingerprint density at radius 1 is 1.37 bits per heavy atom. The summed E-state index contributed by atoms with van der Waals surface area (Å²) in [6.45, 7) is 1.95. The van der Waals surface area contributed by atoms with E-state index < -0.39 is 18.4 Å². The Labute approximate surface area is 158 Å². The third-order valence-electron chi connectivity index (χ3n) is 3.80. The first-order chi connectivity index (χ1) is 12.7. The first kappa shape index (κ1) is 19.3. The summed E-state index contributed by atoms with van der Waals surface area (Å²) >= 11 is 1.16. The van der Waals surface area contributed by atoms with Crippen LogP contribution in [0, 0.1) is 0 Å². The zero-order valence-corrected chi connectivity index (χ0v) is 15.8. The molecule has 0 bridgehead atoms. The van der Waals surface area contributed by atoms with E-state index in [0.717, 1.165) is 17.8 Å². The summed E-state index contributed by atoms with van der Waals surface area (Å²) in [4.78, 5) is 18.3. The third kappa shape index (κ3) is 4.11. The molecule has 1 aliphatic heterocycles. The van der Waals surface area contributed by atoms with Crippen LogP contribution in [-0.4, -0.2) is 41.0 Å². The molecule has 0 radical (unpaired) electrons. The molecular formula is C17H19F2N3O4S. The van der Waals surface area contributed by atoms with Gasteiger partial charge in [-0.2, -0.15) is 4.99 Å². The number of alkyl halides is 2. The van der Waals surface area contributed by atoms with Crippen molar-refractivity contribution in [2.75, 3.05) is 14.1 Å². The van der Waals surface area contributed by atoms with Crippen LogP contribution in [0.4, 0.5) is 13.6 Å². The molecule has 0 fully saturated rings. The molecule has 1 aliphatic rings. The first-order valence-corrected chi connectivity index (χ1v) is 9.08. The number of aliphatic hydroxyl groups excluding tert-OH is 1. The number of fused-ring (bicyclic) bond motifs is 1. The average molecular weight is 399 g/mol. The third-order valence-corrected chi connectivity index (χ3v) is 4.88. The Balaban J connectivity index is 2.08. The van der Waals surface area contributed by atoms with E-state index in [-0.39, 0.29) is 11.5 Å². The van der Waals surface area contributed by atoms with Crippen molar-refractivity contribution in [1.82, 2.24) is 9.47 Å². The molecule has 1 unspecified atom stereocenters. The maximum atomic E-state index is 13.3. The number of hydrogen-bond acceptors (Lipinski definition) is 5. The molecule has 0 aliphatic carbocycles. The van der Waals surface area contributed by atoms with Crippen molar-refractivity contribution in [2.45, 2.75) is 32.2 Å². The molecule has 2 amide bonds. The van der Waals surface area contributed by atoms with E-state index >= 15 is 0 Å². The van der Waals surface area contributed by atoms with Crippen LogP contribution in [0.5, 0.6) is 11.5 Å². The maximum absolute atomic E-state index is 13.3. The Morgan fingerprint density at radius 3 is 2.74 bits per heavy atom. The molecule has 146 valence electrons. The van der Waals surface area contributed by atoms with Crippen molar-refractivity contribution in [1.29, 1.82) is 0 Å². The van der Waals surface area contributed by atoms with Gasteiger partial charge in [0, 0.05) is 26.4 Å². The van der Waals surface area contributed by atoms with Crippen molar-refractivity contribution in [2.24, 2.45) is 4.99 Å². The highest BCUT2D eigenvalue weighted by atomic mass is 32.1. The van der Waals surface area contributed by atoms with Crippen LogP contribution in [0.25, 0.3) is 5.69 Å². The molecule has 0 saturated heterocycles. The molecule has 10 heteroatoms. The highest BCUT2D eigenvalue weighted by Crippen LogP contribution is 2.41. The van der Waals surface area contributed by atoms with Gasteiger partial charge in [-0.1, -0.05) is 24.7 Å². The fourth-order valence-corrected chi connectivity index (χ4v) is 3.47. The predicted octanol–water partition coefficient (Wildman–Crippen LogP) is 3.28. The largest absolute Gasteiger partial charge is 0.586 e. The number of carbonyl (C=O) groups is 1. The standard InChI is InChI=1S/C17H19F2N3O4S/c1-4-5-11(23)14-9-22(16(27-14)20-15(24)21(2)3)10-6-7-12-13(8-10)26-17(18,19)25-12/h6-9,11,23H,4-5H2,1-3H3. The van der Waals surface area contributed by atoms with E-state index in [4.69, 9.17) is 0 Å². The van der Waals surface area contributed by atoms with Crippen LogP contribution >= 0.6 is 11.3 Å². The number of rotatable bonds is 4. The molecular weight excluding hydrogens is 380 g/mol. The molecule has 2 aromatic rings. The summed E-state index contributed by atoms with van der Waals surface area (Å²) < 4.78 is 37.0. The average Bonchev–Trinajstić information content (AvgIpc) is 3.13. The quantitative estimate of drug-likeness (QED) is 0.856. The number of ether oxygens (including phenoxy) is 2. The van der Waals surface area contributed by atoms with E-state index in [2.05, 4.69) is 14.5 Å². The molecule has 0 spiro atoms. The minimum Gasteiger partial charge on any atom is -0.395 e. The van der Waals surface area contributed by atoms with Crippen LogP contribution < -0.4 is 14.3 Å². The number of halogens is 2. The number of urea groups is 1. The number of aromatic nitrogens is 1. The number of amides is 2. The first-order valence-electron chi connectivity index (χ1n) is 8.27. The number of nitrogens with zero attached hydrogens (tertiary/aromatic N) is 3. The minimum atomic E-state index is -3.71.